The molecule has 1 aromatic carbocycles. The molecule has 0 bridgehead atoms. The monoisotopic (exact) mass is 366 g/mol. The lowest BCUT2D eigenvalue weighted by atomic mass is 10.2. The van der Waals surface area contributed by atoms with Gasteiger partial charge in [0.05, 0.1) is 13.2 Å². The molecule has 1 aromatic heterocycles. The van der Waals surface area contributed by atoms with Crippen molar-refractivity contribution in [2.75, 3.05) is 41.8 Å². The Hall–Kier alpha value is -2.87. The average molecular weight is 366 g/mol. The van der Waals surface area contributed by atoms with Crippen LogP contribution >= 0.6 is 0 Å². The van der Waals surface area contributed by atoms with Crippen LogP contribution in [0.5, 0.6) is 0 Å². The molecule has 0 radical (unpaired) electrons. The molecule has 140 valence electrons. The van der Waals surface area contributed by atoms with Gasteiger partial charge in [-0.25, -0.2) is 4.98 Å². The Kier molecular flexibility index (Phi) is 3.86. The zero-order valence-electron chi connectivity index (χ0n) is 15.0. The summed E-state index contributed by atoms with van der Waals surface area (Å²) in [6.45, 7) is 3.84. The number of amides is 1. The van der Waals surface area contributed by atoms with Gasteiger partial charge in [0, 0.05) is 42.8 Å². The van der Waals surface area contributed by atoms with Crippen LogP contribution in [-0.4, -0.2) is 47.7 Å². The maximum atomic E-state index is 12.2. The molecule has 2 fully saturated rings. The fraction of sp³-hybridized carbons (Fsp3) is 0.421. The summed E-state index contributed by atoms with van der Waals surface area (Å²) in [4.78, 5) is 23.5. The van der Waals surface area contributed by atoms with Crippen molar-refractivity contribution >= 4 is 29.0 Å². The number of anilines is 4. The standard InChI is InChI=1S/C19H22N6O2/c26-17-19(5-6-19)24-16-13(11-20-17)12-21-18(23-16)22-14-1-3-15(4-2-14)25-7-9-27-10-8-25/h1-4,12H,5-11H2,(H,20,26)(H2,21,22,23,24). The first kappa shape index (κ1) is 16.3. The SMILES string of the molecule is O=C1NCc2cnc(Nc3ccc(N4CCOCC4)cc3)nc2NC12CC2. The van der Waals surface area contributed by atoms with Gasteiger partial charge in [0.15, 0.2) is 0 Å². The number of hydrogen-bond acceptors (Lipinski definition) is 7. The Bertz CT molecular complexity index is 859. The summed E-state index contributed by atoms with van der Waals surface area (Å²) in [6, 6.07) is 8.25. The summed E-state index contributed by atoms with van der Waals surface area (Å²) in [7, 11) is 0. The summed E-state index contributed by atoms with van der Waals surface area (Å²) in [6.07, 6.45) is 3.45. The third-order valence-electron chi connectivity index (χ3n) is 5.35. The highest BCUT2D eigenvalue weighted by molar-refractivity contribution is 5.93. The maximum Gasteiger partial charge on any atom is 0.245 e. The second-order valence-electron chi connectivity index (χ2n) is 7.23. The molecule has 5 rings (SSSR count). The van der Waals surface area contributed by atoms with Crippen molar-refractivity contribution in [1.29, 1.82) is 0 Å². The van der Waals surface area contributed by atoms with Gasteiger partial charge in [0.2, 0.25) is 11.9 Å². The molecule has 8 heteroatoms. The van der Waals surface area contributed by atoms with Crippen LogP contribution in [0.15, 0.2) is 30.5 Å². The Morgan fingerprint density at radius 2 is 1.93 bits per heavy atom. The first-order valence-corrected chi connectivity index (χ1v) is 9.34. The summed E-state index contributed by atoms with van der Waals surface area (Å²) in [5.74, 6) is 1.30. The molecule has 1 saturated carbocycles. The van der Waals surface area contributed by atoms with E-state index >= 15 is 0 Å². The Balaban J connectivity index is 1.32. The van der Waals surface area contributed by atoms with Crippen LogP contribution in [0.1, 0.15) is 18.4 Å². The Morgan fingerprint density at radius 1 is 1.15 bits per heavy atom. The molecule has 1 spiro atoms. The quantitative estimate of drug-likeness (QED) is 0.760. The highest BCUT2D eigenvalue weighted by Gasteiger charge is 2.51. The molecule has 2 aromatic rings. The Morgan fingerprint density at radius 3 is 2.67 bits per heavy atom. The van der Waals surface area contributed by atoms with Crippen LogP contribution in [0.3, 0.4) is 0 Å². The second-order valence-corrected chi connectivity index (χ2v) is 7.23. The number of carbonyl (C=O) groups is 1. The van der Waals surface area contributed by atoms with Crippen molar-refractivity contribution in [2.45, 2.75) is 24.9 Å². The lowest BCUT2D eigenvalue weighted by Crippen LogP contribution is -2.38. The molecule has 1 saturated heterocycles. The number of rotatable bonds is 3. The topological polar surface area (TPSA) is 91.4 Å². The lowest BCUT2D eigenvalue weighted by Gasteiger charge is -2.28. The van der Waals surface area contributed by atoms with E-state index in [0.29, 0.717) is 12.5 Å². The molecule has 1 aliphatic carbocycles. The van der Waals surface area contributed by atoms with E-state index in [1.807, 2.05) is 12.1 Å². The van der Waals surface area contributed by atoms with Crippen molar-refractivity contribution in [3.8, 4) is 0 Å². The van der Waals surface area contributed by atoms with E-state index in [1.165, 1.54) is 5.69 Å². The molecule has 0 atom stereocenters. The number of nitrogens with zero attached hydrogens (tertiary/aromatic N) is 3. The summed E-state index contributed by atoms with van der Waals surface area (Å²) >= 11 is 0. The van der Waals surface area contributed by atoms with E-state index in [2.05, 4.69) is 43.0 Å². The van der Waals surface area contributed by atoms with E-state index in [0.717, 1.165) is 56.2 Å². The van der Waals surface area contributed by atoms with Crippen LogP contribution in [0.2, 0.25) is 0 Å². The van der Waals surface area contributed by atoms with E-state index in [9.17, 15) is 4.79 Å². The average Bonchev–Trinajstić information content (AvgIpc) is 3.50. The molecule has 27 heavy (non-hydrogen) atoms. The van der Waals surface area contributed by atoms with Gasteiger partial charge in [0.1, 0.15) is 11.4 Å². The fourth-order valence-electron chi connectivity index (χ4n) is 3.52. The molecular weight excluding hydrogens is 344 g/mol. The number of aromatic nitrogens is 2. The van der Waals surface area contributed by atoms with Gasteiger partial charge in [-0.2, -0.15) is 4.98 Å². The molecule has 3 heterocycles. The lowest BCUT2D eigenvalue weighted by molar-refractivity contribution is -0.122. The minimum absolute atomic E-state index is 0.0497. The van der Waals surface area contributed by atoms with E-state index in [-0.39, 0.29) is 5.91 Å². The minimum atomic E-state index is -0.476. The summed E-state index contributed by atoms with van der Waals surface area (Å²) < 4.78 is 5.40. The molecule has 3 N–H and O–H groups in total. The molecule has 0 unspecified atom stereocenters. The maximum absolute atomic E-state index is 12.2. The predicted octanol–water partition coefficient (Wildman–Crippen LogP) is 1.63. The first-order valence-electron chi connectivity index (χ1n) is 9.34. The van der Waals surface area contributed by atoms with Gasteiger partial charge in [-0.1, -0.05) is 0 Å². The highest BCUT2D eigenvalue weighted by Crippen LogP contribution is 2.41. The molecule has 3 aliphatic rings. The molecular formula is C19H22N6O2. The number of carbonyl (C=O) groups excluding carboxylic acids is 1. The zero-order valence-corrected chi connectivity index (χ0v) is 15.0. The third-order valence-corrected chi connectivity index (χ3v) is 5.35. The summed E-state index contributed by atoms with van der Waals surface area (Å²) in [5.41, 5.74) is 2.54. The Labute approximate surface area is 157 Å². The van der Waals surface area contributed by atoms with Gasteiger partial charge < -0.3 is 25.6 Å². The molecule has 2 aliphatic heterocycles. The van der Waals surface area contributed by atoms with Crippen molar-refractivity contribution in [1.82, 2.24) is 15.3 Å². The van der Waals surface area contributed by atoms with Gasteiger partial charge in [-0.3, -0.25) is 4.79 Å². The van der Waals surface area contributed by atoms with Crippen LogP contribution in [0, 0.1) is 0 Å². The first-order chi connectivity index (χ1) is 13.2. The number of nitrogens with one attached hydrogen (secondary N) is 3. The number of hydrogen-bond donors (Lipinski definition) is 3. The number of benzene rings is 1. The highest BCUT2D eigenvalue weighted by atomic mass is 16.5. The van der Waals surface area contributed by atoms with Gasteiger partial charge in [-0.05, 0) is 37.1 Å². The fourth-order valence-corrected chi connectivity index (χ4v) is 3.52. The predicted molar refractivity (Wildman–Crippen MR) is 102 cm³/mol. The van der Waals surface area contributed by atoms with Crippen molar-refractivity contribution in [3.63, 3.8) is 0 Å². The van der Waals surface area contributed by atoms with E-state index in [1.54, 1.807) is 6.20 Å². The smallest absolute Gasteiger partial charge is 0.245 e. The van der Waals surface area contributed by atoms with E-state index < -0.39 is 5.54 Å². The molecule has 1 amide bonds. The minimum Gasteiger partial charge on any atom is -0.378 e. The number of fused-ring (bicyclic) bond motifs is 1. The number of ether oxygens (including phenoxy) is 1. The molecule has 8 nitrogen and oxygen atoms in total. The zero-order chi connectivity index (χ0) is 18.3. The van der Waals surface area contributed by atoms with Gasteiger partial charge in [0.25, 0.3) is 0 Å². The number of morpholine rings is 1. The van der Waals surface area contributed by atoms with Gasteiger partial charge >= 0.3 is 0 Å². The third kappa shape index (κ3) is 3.16. The van der Waals surface area contributed by atoms with Crippen LogP contribution in [0.25, 0.3) is 0 Å². The van der Waals surface area contributed by atoms with Gasteiger partial charge in [-0.15, -0.1) is 0 Å². The van der Waals surface area contributed by atoms with E-state index in [4.69, 9.17) is 4.74 Å². The van der Waals surface area contributed by atoms with Crippen molar-refractivity contribution < 1.29 is 9.53 Å². The van der Waals surface area contributed by atoms with Crippen molar-refractivity contribution in [3.05, 3.63) is 36.0 Å². The van der Waals surface area contributed by atoms with Crippen molar-refractivity contribution in [2.24, 2.45) is 0 Å². The second kappa shape index (κ2) is 6.38. The van der Waals surface area contributed by atoms with Crippen LogP contribution < -0.4 is 20.9 Å². The van der Waals surface area contributed by atoms with Crippen LogP contribution in [0.4, 0.5) is 23.1 Å². The summed E-state index contributed by atoms with van der Waals surface area (Å²) in [5, 5.41) is 9.51. The normalized spacial score (nSPS) is 20.3. The van der Waals surface area contributed by atoms with Crippen LogP contribution in [-0.2, 0) is 16.1 Å². The largest absolute Gasteiger partial charge is 0.378 e.